The molecule has 1 N–H and O–H groups in total. The molecular formula is C7H15NO. The minimum absolute atomic E-state index is 0.824. The standard InChI is InChI=1S/C7H15NO/c1-2-9-6-5-8-7-3-4-7/h7-8H,2-6H2,1H3. The van der Waals surface area contributed by atoms with Gasteiger partial charge in [0.05, 0.1) is 6.61 Å². The van der Waals surface area contributed by atoms with Crippen molar-refractivity contribution in [1.82, 2.24) is 5.32 Å². The van der Waals surface area contributed by atoms with Crippen LogP contribution in [-0.4, -0.2) is 25.8 Å². The molecule has 1 rings (SSSR count). The first-order chi connectivity index (χ1) is 4.43. The van der Waals surface area contributed by atoms with E-state index in [0.29, 0.717) is 0 Å². The van der Waals surface area contributed by atoms with Crippen molar-refractivity contribution in [1.29, 1.82) is 0 Å². The lowest BCUT2D eigenvalue weighted by Crippen LogP contribution is -2.21. The first-order valence-electron chi connectivity index (χ1n) is 3.74. The molecule has 0 spiro atoms. The Labute approximate surface area is 56.6 Å². The predicted molar refractivity (Wildman–Crippen MR) is 37.5 cm³/mol. The fourth-order valence-corrected chi connectivity index (χ4v) is 0.767. The highest BCUT2D eigenvalue weighted by Crippen LogP contribution is 2.17. The molecule has 9 heavy (non-hydrogen) atoms. The molecule has 0 heterocycles. The van der Waals surface area contributed by atoms with Crippen LogP contribution in [0.5, 0.6) is 0 Å². The Morgan fingerprint density at radius 3 is 2.89 bits per heavy atom. The molecule has 0 aromatic heterocycles. The number of hydrogen-bond acceptors (Lipinski definition) is 2. The first kappa shape index (κ1) is 7.03. The van der Waals surface area contributed by atoms with E-state index in [1.165, 1.54) is 12.8 Å². The minimum atomic E-state index is 0.824. The summed E-state index contributed by atoms with van der Waals surface area (Å²) < 4.78 is 5.15. The Morgan fingerprint density at radius 1 is 1.56 bits per heavy atom. The summed E-state index contributed by atoms with van der Waals surface area (Å²) in [6.07, 6.45) is 2.73. The molecule has 0 saturated heterocycles. The van der Waals surface area contributed by atoms with Gasteiger partial charge in [-0.2, -0.15) is 0 Å². The van der Waals surface area contributed by atoms with Crippen LogP contribution in [0, 0.1) is 0 Å². The van der Waals surface area contributed by atoms with Gasteiger partial charge in [0, 0.05) is 19.2 Å². The van der Waals surface area contributed by atoms with Gasteiger partial charge in [0.25, 0.3) is 0 Å². The van der Waals surface area contributed by atoms with Crippen molar-refractivity contribution >= 4 is 0 Å². The topological polar surface area (TPSA) is 21.3 Å². The maximum Gasteiger partial charge on any atom is 0.0590 e. The van der Waals surface area contributed by atoms with E-state index in [2.05, 4.69) is 5.32 Å². The maximum absolute atomic E-state index is 5.15. The average Bonchev–Trinajstić information content (AvgIpc) is 2.63. The van der Waals surface area contributed by atoms with Gasteiger partial charge in [-0.3, -0.25) is 0 Å². The third-order valence-corrected chi connectivity index (χ3v) is 1.46. The summed E-state index contributed by atoms with van der Waals surface area (Å²) >= 11 is 0. The van der Waals surface area contributed by atoms with Crippen LogP contribution in [0.3, 0.4) is 0 Å². The molecule has 0 radical (unpaired) electrons. The third-order valence-electron chi connectivity index (χ3n) is 1.46. The van der Waals surface area contributed by atoms with E-state index in [1.807, 2.05) is 6.92 Å². The van der Waals surface area contributed by atoms with E-state index in [0.717, 1.165) is 25.8 Å². The predicted octanol–water partition coefficient (Wildman–Crippen LogP) is 0.775. The van der Waals surface area contributed by atoms with E-state index >= 15 is 0 Å². The van der Waals surface area contributed by atoms with Crippen LogP contribution in [0.15, 0.2) is 0 Å². The van der Waals surface area contributed by atoms with Crippen LogP contribution in [0.4, 0.5) is 0 Å². The molecule has 0 aliphatic heterocycles. The second-order valence-electron chi connectivity index (χ2n) is 2.43. The van der Waals surface area contributed by atoms with Gasteiger partial charge in [-0.1, -0.05) is 0 Å². The summed E-state index contributed by atoms with van der Waals surface area (Å²) in [5, 5.41) is 3.37. The number of nitrogens with one attached hydrogen (secondary N) is 1. The van der Waals surface area contributed by atoms with Crippen molar-refractivity contribution in [2.24, 2.45) is 0 Å². The molecule has 1 saturated carbocycles. The molecule has 0 aromatic rings. The van der Waals surface area contributed by atoms with Gasteiger partial charge < -0.3 is 10.1 Å². The van der Waals surface area contributed by atoms with Crippen LogP contribution in [0.25, 0.3) is 0 Å². The monoisotopic (exact) mass is 129 g/mol. The van der Waals surface area contributed by atoms with Gasteiger partial charge in [-0.25, -0.2) is 0 Å². The zero-order chi connectivity index (χ0) is 6.53. The lowest BCUT2D eigenvalue weighted by atomic mass is 10.6. The van der Waals surface area contributed by atoms with Gasteiger partial charge in [0.15, 0.2) is 0 Å². The highest BCUT2D eigenvalue weighted by molar-refractivity contribution is 4.80. The zero-order valence-corrected chi connectivity index (χ0v) is 6.02. The summed E-state index contributed by atoms with van der Waals surface area (Å²) in [4.78, 5) is 0. The van der Waals surface area contributed by atoms with Crippen molar-refractivity contribution in [2.45, 2.75) is 25.8 Å². The number of rotatable bonds is 5. The number of hydrogen-bond donors (Lipinski definition) is 1. The summed E-state index contributed by atoms with van der Waals surface area (Å²) in [6, 6.07) is 0.824. The molecule has 0 unspecified atom stereocenters. The van der Waals surface area contributed by atoms with Crippen LogP contribution in [0.2, 0.25) is 0 Å². The molecule has 2 heteroatoms. The Morgan fingerprint density at radius 2 is 2.33 bits per heavy atom. The normalized spacial score (nSPS) is 18.3. The van der Waals surface area contributed by atoms with Gasteiger partial charge >= 0.3 is 0 Å². The molecule has 2 nitrogen and oxygen atoms in total. The highest BCUT2D eigenvalue weighted by atomic mass is 16.5. The SMILES string of the molecule is CCOCCNC1CC1. The lowest BCUT2D eigenvalue weighted by molar-refractivity contribution is 0.149. The van der Waals surface area contributed by atoms with E-state index in [4.69, 9.17) is 4.74 Å². The molecule has 54 valence electrons. The second-order valence-corrected chi connectivity index (χ2v) is 2.43. The Balaban J connectivity index is 1.71. The van der Waals surface area contributed by atoms with E-state index < -0.39 is 0 Å². The summed E-state index contributed by atoms with van der Waals surface area (Å²) in [6.45, 7) is 4.76. The van der Waals surface area contributed by atoms with E-state index in [-0.39, 0.29) is 0 Å². The van der Waals surface area contributed by atoms with E-state index in [9.17, 15) is 0 Å². The first-order valence-corrected chi connectivity index (χ1v) is 3.74. The molecular weight excluding hydrogens is 114 g/mol. The molecule has 0 atom stereocenters. The van der Waals surface area contributed by atoms with Gasteiger partial charge in [0.1, 0.15) is 0 Å². The Hall–Kier alpha value is -0.0800. The zero-order valence-electron chi connectivity index (χ0n) is 6.02. The van der Waals surface area contributed by atoms with Crippen molar-refractivity contribution in [3.05, 3.63) is 0 Å². The smallest absolute Gasteiger partial charge is 0.0590 e. The van der Waals surface area contributed by atoms with Crippen LogP contribution >= 0.6 is 0 Å². The Bertz CT molecular complexity index is 71.3. The second kappa shape index (κ2) is 3.85. The average molecular weight is 129 g/mol. The Kier molecular flexibility index (Phi) is 3.01. The fraction of sp³-hybridized carbons (Fsp3) is 1.00. The molecule has 0 bridgehead atoms. The van der Waals surface area contributed by atoms with Crippen molar-refractivity contribution in [3.63, 3.8) is 0 Å². The number of ether oxygens (including phenoxy) is 1. The fourth-order valence-electron chi connectivity index (χ4n) is 0.767. The van der Waals surface area contributed by atoms with Crippen molar-refractivity contribution < 1.29 is 4.74 Å². The van der Waals surface area contributed by atoms with Crippen molar-refractivity contribution in [2.75, 3.05) is 19.8 Å². The molecule has 0 aromatic carbocycles. The summed E-state index contributed by atoms with van der Waals surface area (Å²) in [5.41, 5.74) is 0. The largest absolute Gasteiger partial charge is 0.380 e. The highest BCUT2D eigenvalue weighted by Gasteiger charge is 2.19. The molecule has 0 amide bonds. The molecule has 1 fully saturated rings. The molecule has 1 aliphatic rings. The van der Waals surface area contributed by atoms with Crippen molar-refractivity contribution in [3.8, 4) is 0 Å². The van der Waals surface area contributed by atoms with Crippen LogP contribution in [0.1, 0.15) is 19.8 Å². The van der Waals surface area contributed by atoms with Crippen LogP contribution in [-0.2, 0) is 4.74 Å². The van der Waals surface area contributed by atoms with Gasteiger partial charge in [0.2, 0.25) is 0 Å². The lowest BCUT2D eigenvalue weighted by Gasteiger charge is -2.00. The third kappa shape index (κ3) is 3.49. The van der Waals surface area contributed by atoms with E-state index in [1.54, 1.807) is 0 Å². The molecule has 1 aliphatic carbocycles. The van der Waals surface area contributed by atoms with Gasteiger partial charge in [-0.15, -0.1) is 0 Å². The van der Waals surface area contributed by atoms with Crippen LogP contribution < -0.4 is 5.32 Å². The summed E-state index contributed by atoms with van der Waals surface area (Å²) in [5.74, 6) is 0. The quantitative estimate of drug-likeness (QED) is 0.554. The summed E-state index contributed by atoms with van der Waals surface area (Å²) in [7, 11) is 0. The maximum atomic E-state index is 5.15. The van der Waals surface area contributed by atoms with Gasteiger partial charge in [-0.05, 0) is 19.8 Å². The minimum Gasteiger partial charge on any atom is -0.380 e.